The molecule has 0 atom stereocenters. The van der Waals surface area contributed by atoms with E-state index < -0.39 is 0 Å². The van der Waals surface area contributed by atoms with Gasteiger partial charge < -0.3 is 0 Å². The van der Waals surface area contributed by atoms with Crippen molar-refractivity contribution < 1.29 is 0 Å². The van der Waals surface area contributed by atoms with E-state index in [0.29, 0.717) is 6.42 Å². The highest BCUT2D eigenvalue weighted by molar-refractivity contribution is 7.17. The molecule has 0 aliphatic heterocycles. The number of aromatic nitrogens is 2. The number of hydrogen-bond acceptors (Lipinski definition) is 4. The molecule has 0 aliphatic rings. The zero-order valence-corrected chi connectivity index (χ0v) is 20.6. The van der Waals surface area contributed by atoms with Crippen LogP contribution in [0.2, 0.25) is 0 Å². The van der Waals surface area contributed by atoms with E-state index in [1.807, 2.05) is 12.1 Å². The fraction of sp³-hybridized carbons (Fsp3) is 0.0323. The molecule has 0 fully saturated rings. The third-order valence-corrected chi connectivity index (χ3v) is 8.02. The maximum atomic E-state index is 5.12. The van der Waals surface area contributed by atoms with E-state index in [1.165, 1.54) is 20.9 Å². The highest BCUT2D eigenvalue weighted by atomic mass is 32.1. The second-order valence-electron chi connectivity index (χ2n) is 8.21. The summed E-state index contributed by atoms with van der Waals surface area (Å²) < 4.78 is 0. The fourth-order valence-electron chi connectivity index (χ4n) is 4.16. The fourth-order valence-corrected chi connectivity index (χ4v) is 6.45. The Morgan fingerprint density at radius 2 is 0.714 bits per heavy atom. The van der Waals surface area contributed by atoms with Gasteiger partial charge in [0.15, 0.2) is 0 Å². The summed E-state index contributed by atoms with van der Waals surface area (Å²) in [6.07, 6.45) is 0.717. The minimum atomic E-state index is 0.717. The van der Waals surface area contributed by atoms with Gasteiger partial charge in [0.25, 0.3) is 0 Å². The van der Waals surface area contributed by atoms with Crippen LogP contribution in [0.4, 0.5) is 0 Å². The van der Waals surface area contributed by atoms with Gasteiger partial charge in [0.2, 0.25) is 0 Å². The second-order valence-corrected chi connectivity index (χ2v) is 10.4. The molecule has 0 spiro atoms. The van der Waals surface area contributed by atoms with Gasteiger partial charge in [-0.2, -0.15) is 0 Å². The Hall–Kier alpha value is -3.86. The number of nitrogens with zero attached hydrogens (tertiary/aromatic N) is 2. The quantitative estimate of drug-likeness (QED) is 0.235. The van der Waals surface area contributed by atoms with E-state index in [-0.39, 0.29) is 0 Å². The van der Waals surface area contributed by atoms with Crippen molar-refractivity contribution in [2.75, 3.05) is 0 Å². The molecule has 35 heavy (non-hydrogen) atoms. The number of thiazole rings is 2. The van der Waals surface area contributed by atoms with Gasteiger partial charge in [0.1, 0.15) is 10.0 Å². The summed E-state index contributed by atoms with van der Waals surface area (Å²) in [6.45, 7) is 0. The normalized spacial score (nSPS) is 11.0. The zero-order valence-electron chi connectivity index (χ0n) is 19.0. The maximum absolute atomic E-state index is 5.12. The molecule has 0 aliphatic carbocycles. The predicted molar refractivity (Wildman–Crippen MR) is 149 cm³/mol. The molecule has 0 N–H and O–H groups in total. The van der Waals surface area contributed by atoms with E-state index in [4.69, 9.17) is 9.97 Å². The van der Waals surface area contributed by atoms with Crippen LogP contribution in [0, 0.1) is 0 Å². The molecule has 0 amide bonds. The van der Waals surface area contributed by atoms with Gasteiger partial charge in [-0.3, -0.25) is 0 Å². The number of hydrogen-bond donors (Lipinski definition) is 0. The van der Waals surface area contributed by atoms with Crippen LogP contribution in [0.5, 0.6) is 0 Å². The standard InChI is InChI=1S/C31H22N2S2/c1-5-13-22(14-6-1)28-30(24-17-9-3-10-18-24)34-26(32-28)21-27-33-29(23-15-7-2-8-16-23)31(35-27)25-19-11-4-12-20-25/h1-20H,21H2. The first-order valence-electron chi connectivity index (χ1n) is 11.6. The van der Waals surface area contributed by atoms with E-state index >= 15 is 0 Å². The molecule has 6 rings (SSSR count). The summed E-state index contributed by atoms with van der Waals surface area (Å²) >= 11 is 3.53. The van der Waals surface area contributed by atoms with Crippen LogP contribution in [0.15, 0.2) is 121 Å². The van der Waals surface area contributed by atoms with Crippen LogP contribution >= 0.6 is 22.7 Å². The van der Waals surface area contributed by atoms with E-state index in [9.17, 15) is 0 Å². The van der Waals surface area contributed by atoms with Crippen LogP contribution < -0.4 is 0 Å². The highest BCUT2D eigenvalue weighted by Crippen LogP contribution is 2.40. The van der Waals surface area contributed by atoms with Crippen molar-refractivity contribution in [3.8, 4) is 43.4 Å². The second kappa shape index (κ2) is 9.79. The Balaban J connectivity index is 1.43. The first kappa shape index (κ1) is 21.7. The van der Waals surface area contributed by atoms with Crippen molar-refractivity contribution >= 4 is 22.7 Å². The van der Waals surface area contributed by atoms with Crippen LogP contribution in [0.25, 0.3) is 43.4 Å². The molecular formula is C31H22N2S2. The van der Waals surface area contributed by atoms with Crippen molar-refractivity contribution in [3.05, 3.63) is 131 Å². The molecule has 4 aromatic carbocycles. The Bertz CT molecular complexity index is 1300. The Labute approximate surface area is 213 Å². The van der Waals surface area contributed by atoms with Crippen LogP contribution in [0.3, 0.4) is 0 Å². The van der Waals surface area contributed by atoms with Crippen molar-refractivity contribution in [1.82, 2.24) is 9.97 Å². The maximum Gasteiger partial charge on any atom is 0.101 e. The van der Waals surface area contributed by atoms with Crippen LogP contribution in [0.1, 0.15) is 10.0 Å². The van der Waals surface area contributed by atoms with Crippen molar-refractivity contribution in [2.45, 2.75) is 6.42 Å². The number of benzene rings is 4. The lowest BCUT2D eigenvalue weighted by Gasteiger charge is -2.02. The first-order chi connectivity index (χ1) is 17.3. The largest absolute Gasteiger partial charge is 0.240 e. The molecule has 2 nitrogen and oxygen atoms in total. The minimum Gasteiger partial charge on any atom is -0.240 e. The van der Waals surface area contributed by atoms with E-state index in [2.05, 4.69) is 109 Å². The van der Waals surface area contributed by atoms with Crippen LogP contribution in [-0.2, 0) is 6.42 Å². The van der Waals surface area contributed by atoms with E-state index in [1.54, 1.807) is 22.7 Å². The van der Waals surface area contributed by atoms with Crippen molar-refractivity contribution in [1.29, 1.82) is 0 Å². The Morgan fingerprint density at radius 1 is 0.400 bits per heavy atom. The molecular weight excluding hydrogens is 464 g/mol. The summed E-state index contributed by atoms with van der Waals surface area (Å²) in [5.74, 6) is 0. The smallest absolute Gasteiger partial charge is 0.101 e. The molecule has 4 heteroatoms. The SMILES string of the molecule is c1ccc(-c2nc(Cc3nc(-c4ccccc4)c(-c4ccccc4)s3)sc2-c2ccccc2)cc1. The molecule has 0 saturated carbocycles. The Morgan fingerprint density at radius 3 is 1.06 bits per heavy atom. The molecule has 2 aromatic heterocycles. The molecule has 0 bridgehead atoms. The van der Waals surface area contributed by atoms with Crippen LogP contribution in [-0.4, -0.2) is 9.97 Å². The zero-order chi connectivity index (χ0) is 23.5. The third-order valence-electron chi connectivity index (χ3n) is 5.81. The first-order valence-corrected chi connectivity index (χ1v) is 13.2. The summed E-state index contributed by atoms with van der Waals surface area (Å²) in [4.78, 5) is 12.7. The van der Waals surface area contributed by atoms with Gasteiger partial charge in [0, 0.05) is 11.1 Å². The monoisotopic (exact) mass is 486 g/mol. The molecule has 0 saturated heterocycles. The number of rotatable bonds is 6. The van der Waals surface area contributed by atoms with Gasteiger partial charge in [-0.1, -0.05) is 121 Å². The van der Waals surface area contributed by atoms with E-state index in [0.717, 1.165) is 32.5 Å². The minimum absolute atomic E-state index is 0.717. The lowest BCUT2D eigenvalue weighted by atomic mass is 10.1. The molecule has 0 unspecified atom stereocenters. The molecule has 2 heterocycles. The van der Waals surface area contributed by atoms with Gasteiger partial charge in [-0.25, -0.2) is 9.97 Å². The average molecular weight is 487 g/mol. The van der Waals surface area contributed by atoms with Gasteiger partial charge in [-0.15, -0.1) is 22.7 Å². The van der Waals surface area contributed by atoms with Crippen molar-refractivity contribution in [3.63, 3.8) is 0 Å². The third kappa shape index (κ3) is 4.59. The van der Waals surface area contributed by atoms with Gasteiger partial charge in [-0.05, 0) is 11.1 Å². The predicted octanol–water partition coefficient (Wildman–Crippen LogP) is 8.86. The topological polar surface area (TPSA) is 25.8 Å². The summed E-state index contributed by atoms with van der Waals surface area (Å²) in [6, 6.07) is 42.0. The van der Waals surface area contributed by atoms with Crippen molar-refractivity contribution in [2.24, 2.45) is 0 Å². The molecule has 6 aromatic rings. The highest BCUT2D eigenvalue weighted by Gasteiger charge is 2.19. The molecule has 168 valence electrons. The van der Waals surface area contributed by atoms with Gasteiger partial charge in [0.05, 0.1) is 27.6 Å². The lowest BCUT2D eigenvalue weighted by Crippen LogP contribution is -1.88. The summed E-state index contributed by atoms with van der Waals surface area (Å²) in [7, 11) is 0. The summed E-state index contributed by atoms with van der Waals surface area (Å²) in [5.41, 5.74) is 6.76. The lowest BCUT2D eigenvalue weighted by molar-refractivity contribution is 1.11. The Kier molecular flexibility index (Phi) is 6.06. The average Bonchev–Trinajstić information content (AvgIpc) is 3.56. The summed E-state index contributed by atoms with van der Waals surface area (Å²) in [5, 5.41) is 2.16. The molecule has 0 radical (unpaired) electrons. The van der Waals surface area contributed by atoms with Gasteiger partial charge >= 0.3 is 0 Å².